The zero-order valence-corrected chi connectivity index (χ0v) is 7.38. The molecule has 0 aliphatic heterocycles. The Bertz CT molecular complexity index is 340. The van der Waals surface area contributed by atoms with Gasteiger partial charge in [-0.3, -0.25) is 4.79 Å². The van der Waals surface area contributed by atoms with Crippen molar-refractivity contribution < 1.29 is 23.4 Å². The summed E-state index contributed by atoms with van der Waals surface area (Å²) >= 11 is 0. The number of rotatable bonds is 2. The number of phenols is 1. The molecule has 3 nitrogen and oxygen atoms in total. The van der Waals surface area contributed by atoms with Crippen molar-refractivity contribution in [3.8, 4) is 5.75 Å². The number of hydrogen-bond donors (Lipinski definition) is 1. The minimum absolute atomic E-state index is 0.266. The maximum absolute atomic E-state index is 13.0. The third kappa shape index (κ3) is 2.18. The number of halogens is 2. The highest BCUT2D eigenvalue weighted by Crippen LogP contribution is 2.22. The van der Waals surface area contributed by atoms with Gasteiger partial charge in [0.15, 0.2) is 0 Å². The Morgan fingerprint density at radius 3 is 2.64 bits per heavy atom. The maximum atomic E-state index is 13.0. The number of hydrogen-bond acceptors (Lipinski definition) is 3. The van der Waals surface area contributed by atoms with Gasteiger partial charge in [-0.2, -0.15) is 0 Å². The molecule has 1 aromatic carbocycles. The molecule has 1 rings (SSSR count). The van der Waals surface area contributed by atoms with Crippen LogP contribution in [0.25, 0.3) is 0 Å². The molecule has 0 unspecified atom stereocenters. The number of ether oxygens (including phenoxy) is 1. The van der Waals surface area contributed by atoms with Gasteiger partial charge in [0, 0.05) is 17.7 Å². The fourth-order valence-corrected chi connectivity index (χ4v) is 0.981. The molecule has 0 aliphatic carbocycles. The van der Waals surface area contributed by atoms with E-state index in [4.69, 9.17) is 5.11 Å². The fraction of sp³-hybridized carbons (Fsp3) is 0.222. The molecule has 0 aromatic heterocycles. The second-order valence-corrected chi connectivity index (χ2v) is 2.64. The molecule has 1 N–H and O–H groups in total. The number of carbonyl (C=O) groups is 1. The van der Waals surface area contributed by atoms with E-state index >= 15 is 0 Å². The first-order valence-corrected chi connectivity index (χ1v) is 3.78. The van der Waals surface area contributed by atoms with Gasteiger partial charge in [-0.05, 0) is 0 Å². The molecule has 0 radical (unpaired) electrons. The second kappa shape index (κ2) is 4.04. The SMILES string of the molecule is COC(=O)Cc1c(O)cc(F)cc1F. The fourth-order valence-electron chi connectivity index (χ4n) is 0.981. The lowest BCUT2D eigenvalue weighted by Crippen LogP contribution is -2.06. The summed E-state index contributed by atoms with van der Waals surface area (Å²) < 4.78 is 29.8. The van der Waals surface area contributed by atoms with Crippen molar-refractivity contribution in [3.63, 3.8) is 0 Å². The topological polar surface area (TPSA) is 46.5 Å². The third-order valence-corrected chi connectivity index (χ3v) is 1.69. The standard InChI is InChI=1S/C9H8F2O3/c1-14-9(13)4-6-7(11)2-5(10)3-8(6)12/h2-3,12H,4H2,1H3. The summed E-state index contributed by atoms with van der Waals surface area (Å²) in [4.78, 5) is 10.8. The summed E-state index contributed by atoms with van der Waals surface area (Å²) in [6.07, 6.45) is -0.422. The molecule has 0 aliphatic rings. The highest BCUT2D eigenvalue weighted by atomic mass is 19.1. The predicted molar refractivity (Wildman–Crippen MR) is 43.7 cm³/mol. The van der Waals surface area contributed by atoms with Crippen molar-refractivity contribution in [1.82, 2.24) is 0 Å². The highest BCUT2D eigenvalue weighted by Gasteiger charge is 2.14. The largest absolute Gasteiger partial charge is 0.507 e. The molecule has 0 saturated carbocycles. The van der Waals surface area contributed by atoms with Crippen LogP contribution in [0.3, 0.4) is 0 Å². The van der Waals surface area contributed by atoms with Crippen LogP contribution in [0.2, 0.25) is 0 Å². The van der Waals surface area contributed by atoms with Gasteiger partial charge in [0.1, 0.15) is 17.4 Å². The molecular weight excluding hydrogens is 194 g/mol. The van der Waals surface area contributed by atoms with Crippen LogP contribution in [0.4, 0.5) is 8.78 Å². The molecule has 0 saturated heterocycles. The number of esters is 1. The van der Waals surface area contributed by atoms with Crippen LogP contribution in [0.5, 0.6) is 5.75 Å². The Kier molecular flexibility index (Phi) is 3.01. The molecule has 5 heteroatoms. The van der Waals surface area contributed by atoms with Crippen molar-refractivity contribution in [2.45, 2.75) is 6.42 Å². The van der Waals surface area contributed by atoms with Gasteiger partial charge in [-0.1, -0.05) is 0 Å². The van der Waals surface area contributed by atoms with E-state index < -0.39 is 29.8 Å². The van der Waals surface area contributed by atoms with Crippen LogP contribution in [0, 0.1) is 11.6 Å². The molecule has 0 heterocycles. The highest BCUT2D eigenvalue weighted by molar-refractivity contribution is 5.73. The molecule has 76 valence electrons. The summed E-state index contributed by atoms with van der Waals surface area (Å²) in [7, 11) is 1.14. The lowest BCUT2D eigenvalue weighted by atomic mass is 10.1. The van der Waals surface area contributed by atoms with E-state index in [0.29, 0.717) is 6.07 Å². The first-order chi connectivity index (χ1) is 6.54. The van der Waals surface area contributed by atoms with E-state index in [9.17, 15) is 13.6 Å². The molecular formula is C9H8F2O3. The van der Waals surface area contributed by atoms with Gasteiger partial charge in [-0.25, -0.2) is 8.78 Å². The van der Waals surface area contributed by atoms with Crippen molar-refractivity contribution in [1.29, 1.82) is 0 Å². The Morgan fingerprint density at radius 2 is 2.14 bits per heavy atom. The van der Waals surface area contributed by atoms with Gasteiger partial charge in [0.2, 0.25) is 0 Å². The normalized spacial score (nSPS) is 9.93. The van der Waals surface area contributed by atoms with Crippen LogP contribution in [-0.2, 0) is 16.0 Å². The maximum Gasteiger partial charge on any atom is 0.310 e. The molecule has 0 amide bonds. The van der Waals surface area contributed by atoms with E-state index in [-0.39, 0.29) is 5.56 Å². The predicted octanol–water partition coefficient (Wildman–Crippen LogP) is 1.39. The first kappa shape index (κ1) is 10.4. The minimum Gasteiger partial charge on any atom is -0.507 e. The molecule has 0 atom stereocenters. The van der Waals surface area contributed by atoms with Crippen LogP contribution < -0.4 is 0 Å². The summed E-state index contributed by atoms with van der Waals surface area (Å²) in [6.45, 7) is 0. The average molecular weight is 202 g/mol. The Morgan fingerprint density at radius 1 is 1.50 bits per heavy atom. The molecule has 0 bridgehead atoms. The second-order valence-electron chi connectivity index (χ2n) is 2.64. The van der Waals surface area contributed by atoms with Crippen molar-refractivity contribution in [3.05, 3.63) is 29.3 Å². The zero-order chi connectivity index (χ0) is 10.7. The van der Waals surface area contributed by atoms with Crippen LogP contribution in [0.1, 0.15) is 5.56 Å². The van der Waals surface area contributed by atoms with Crippen molar-refractivity contribution in [2.24, 2.45) is 0 Å². The van der Waals surface area contributed by atoms with E-state index in [1.807, 2.05) is 0 Å². The van der Waals surface area contributed by atoms with Crippen LogP contribution in [-0.4, -0.2) is 18.2 Å². The van der Waals surface area contributed by atoms with Crippen LogP contribution >= 0.6 is 0 Å². The van der Waals surface area contributed by atoms with E-state index in [0.717, 1.165) is 13.2 Å². The van der Waals surface area contributed by atoms with Crippen molar-refractivity contribution >= 4 is 5.97 Å². The van der Waals surface area contributed by atoms with Gasteiger partial charge in [0.05, 0.1) is 13.5 Å². The quantitative estimate of drug-likeness (QED) is 0.737. The van der Waals surface area contributed by atoms with Crippen molar-refractivity contribution in [2.75, 3.05) is 7.11 Å². The lowest BCUT2D eigenvalue weighted by molar-refractivity contribution is -0.139. The summed E-state index contributed by atoms with van der Waals surface area (Å²) in [5, 5.41) is 9.13. The summed E-state index contributed by atoms with van der Waals surface area (Å²) in [5.41, 5.74) is -0.266. The summed E-state index contributed by atoms with van der Waals surface area (Å²) in [6, 6.07) is 1.33. The average Bonchev–Trinajstić information content (AvgIpc) is 2.10. The Hall–Kier alpha value is -1.65. The van der Waals surface area contributed by atoms with Gasteiger partial charge < -0.3 is 9.84 Å². The lowest BCUT2D eigenvalue weighted by Gasteiger charge is -2.04. The molecule has 0 spiro atoms. The number of aromatic hydroxyl groups is 1. The third-order valence-electron chi connectivity index (χ3n) is 1.69. The van der Waals surface area contributed by atoms with E-state index in [1.54, 1.807) is 0 Å². The monoisotopic (exact) mass is 202 g/mol. The number of phenolic OH excluding ortho intramolecular Hbond substituents is 1. The number of carbonyl (C=O) groups excluding carboxylic acids is 1. The Balaban J connectivity index is 3.02. The van der Waals surface area contributed by atoms with E-state index in [2.05, 4.69) is 4.74 Å². The molecule has 1 aromatic rings. The van der Waals surface area contributed by atoms with E-state index in [1.165, 1.54) is 0 Å². The smallest absolute Gasteiger partial charge is 0.310 e. The van der Waals surface area contributed by atoms with Crippen LogP contribution in [0.15, 0.2) is 12.1 Å². The number of methoxy groups -OCH3 is 1. The number of benzene rings is 1. The van der Waals surface area contributed by atoms with Gasteiger partial charge in [0.25, 0.3) is 0 Å². The molecule has 0 fully saturated rings. The molecule has 14 heavy (non-hydrogen) atoms. The van der Waals surface area contributed by atoms with Gasteiger partial charge in [-0.15, -0.1) is 0 Å². The first-order valence-electron chi connectivity index (χ1n) is 3.78. The Labute approximate surface area is 78.9 Å². The van der Waals surface area contributed by atoms with Gasteiger partial charge >= 0.3 is 5.97 Å². The minimum atomic E-state index is -0.965. The summed E-state index contributed by atoms with van der Waals surface area (Å²) in [5.74, 6) is -3.15. The zero-order valence-electron chi connectivity index (χ0n) is 7.38.